The number of halogens is 2. The molecule has 0 atom stereocenters. The predicted octanol–water partition coefficient (Wildman–Crippen LogP) is 4.57. The summed E-state index contributed by atoms with van der Waals surface area (Å²) in [6.45, 7) is 2.12. The number of carbonyl (C=O) groups excluding carboxylic acids is 3. The summed E-state index contributed by atoms with van der Waals surface area (Å²) in [6, 6.07) is 13.8. The zero-order valence-corrected chi connectivity index (χ0v) is 21.9. The van der Waals surface area contributed by atoms with Crippen LogP contribution in [0.5, 0.6) is 11.6 Å². The van der Waals surface area contributed by atoms with Gasteiger partial charge in [-0.1, -0.05) is 24.3 Å². The maximum absolute atomic E-state index is 13.9. The fourth-order valence-corrected chi connectivity index (χ4v) is 4.93. The monoisotopic (exact) mass is 569 g/mol. The van der Waals surface area contributed by atoms with Crippen LogP contribution in [0.2, 0.25) is 5.28 Å². The second-order valence-corrected chi connectivity index (χ2v) is 9.73. The molecule has 2 saturated heterocycles. The first-order valence-electron chi connectivity index (χ1n) is 11.8. The lowest BCUT2D eigenvalue weighted by Gasteiger charge is -2.30. The number of hydrogen-bond donors (Lipinski definition) is 1. The van der Waals surface area contributed by atoms with Crippen LogP contribution in [0.1, 0.15) is 5.56 Å². The molecule has 1 aromatic heterocycles. The molecule has 1 N–H and O–H groups in total. The van der Waals surface area contributed by atoms with Crippen LogP contribution in [-0.2, 0) is 14.3 Å². The first-order chi connectivity index (χ1) is 18.9. The molecular weight excluding hydrogens is 549 g/mol. The molecule has 200 valence electrons. The van der Waals surface area contributed by atoms with Crippen molar-refractivity contribution in [2.75, 3.05) is 43.1 Å². The minimum absolute atomic E-state index is 0.134. The van der Waals surface area contributed by atoms with Crippen LogP contribution < -0.4 is 15.0 Å². The molecule has 2 aromatic carbocycles. The van der Waals surface area contributed by atoms with Crippen molar-refractivity contribution in [2.45, 2.75) is 0 Å². The number of para-hydroxylation sites is 2. The van der Waals surface area contributed by atoms with Gasteiger partial charge in [0.1, 0.15) is 12.3 Å². The van der Waals surface area contributed by atoms with Gasteiger partial charge in [0.2, 0.25) is 17.0 Å². The number of aromatic nitrogens is 2. The fourth-order valence-electron chi connectivity index (χ4n) is 3.96. The molecule has 39 heavy (non-hydrogen) atoms. The van der Waals surface area contributed by atoms with Crippen molar-refractivity contribution in [3.63, 3.8) is 0 Å². The molecule has 0 spiro atoms. The Balaban J connectivity index is 1.26. The Hall–Kier alpha value is -4.00. The smallest absolute Gasteiger partial charge is 0.294 e. The van der Waals surface area contributed by atoms with Crippen molar-refractivity contribution >= 4 is 57.9 Å². The summed E-state index contributed by atoms with van der Waals surface area (Å²) in [7, 11) is 0. The highest BCUT2D eigenvalue weighted by molar-refractivity contribution is 8.18. The van der Waals surface area contributed by atoms with Crippen LogP contribution in [0.25, 0.3) is 6.08 Å². The average Bonchev–Trinajstić information content (AvgIpc) is 3.19. The number of rotatable bonds is 7. The number of morpholine rings is 1. The molecule has 2 fully saturated rings. The first-order valence-corrected chi connectivity index (χ1v) is 13.0. The molecule has 0 saturated carbocycles. The van der Waals surface area contributed by atoms with E-state index in [4.69, 9.17) is 21.1 Å². The van der Waals surface area contributed by atoms with Gasteiger partial charge in [-0.25, -0.2) is 4.98 Å². The molecule has 2 aliphatic rings. The summed E-state index contributed by atoms with van der Waals surface area (Å²) in [6.07, 6.45) is 2.38. The van der Waals surface area contributed by atoms with Crippen molar-refractivity contribution in [3.05, 3.63) is 76.3 Å². The quantitative estimate of drug-likeness (QED) is 0.323. The highest BCUT2D eigenvalue weighted by atomic mass is 35.5. The van der Waals surface area contributed by atoms with E-state index in [1.54, 1.807) is 36.4 Å². The zero-order chi connectivity index (χ0) is 27.4. The summed E-state index contributed by atoms with van der Waals surface area (Å²) in [5.41, 5.74) is 1.95. The molecule has 0 bridgehead atoms. The molecule has 5 rings (SSSR count). The average molecular weight is 570 g/mol. The van der Waals surface area contributed by atoms with Crippen LogP contribution in [0, 0.1) is 5.82 Å². The zero-order valence-electron chi connectivity index (χ0n) is 20.3. The number of hydrogen-bond acceptors (Lipinski definition) is 9. The van der Waals surface area contributed by atoms with E-state index in [2.05, 4.69) is 20.2 Å². The van der Waals surface area contributed by atoms with E-state index in [9.17, 15) is 18.8 Å². The Morgan fingerprint density at radius 3 is 2.79 bits per heavy atom. The van der Waals surface area contributed by atoms with Crippen LogP contribution in [0.15, 0.2) is 59.6 Å². The molecule has 3 amide bonds. The Labute approximate surface area is 231 Å². The van der Waals surface area contributed by atoms with Gasteiger partial charge in [-0.2, -0.15) is 9.37 Å². The lowest BCUT2D eigenvalue weighted by Crippen LogP contribution is -2.38. The van der Waals surface area contributed by atoms with Crippen LogP contribution in [-0.4, -0.2) is 64.8 Å². The maximum Gasteiger partial charge on any atom is 0.294 e. The minimum atomic E-state index is -0.795. The summed E-state index contributed by atoms with van der Waals surface area (Å²) >= 11 is 6.43. The summed E-state index contributed by atoms with van der Waals surface area (Å²) in [4.78, 5) is 48.8. The third kappa shape index (κ3) is 6.36. The molecule has 3 heterocycles. The molecule has 0 aliphatic carbocycles. The number of imide groups is 1. The number of benzene rings is 2. The first kappa shape index (κ1) is 26.6. The van der Waals surface area contributed by atoms with Crippen molar-refractivity contribution in [3.8, 4) is 11.6 Å². The fraction of sp³-hybridized carbons (Fsp3) is 0.192. The molecular formula is C26H21ClFN5O5S. The van der Waals surface area contributed by atoms with Crippen LogP contribution >= 0.6 is 23.4 Å². The molecule has 0 radical (unpaired) electrons. The summed E-state index contributed by atoms with van der Waals surface area (Å²) in [5, 5.41) is 2.08. The van der Waals surface area contributed by atoms with Gasteiger partial charge in [0, 0.05) is 13.1 Å². The van der Waals surface area contributed by atoms with Crippen molar-refractivity contribution in [1.82, 2.24) is 14.9 Å². The van der Waals surface area contributed by atoms with Crippen molar-refractivity contribution in [2.24, 2.45) is 0 Å². The van der Waals surface area contributed by atoms with Gasteiger partial charge < -0.3 is 19.7 Å². The van der Waals surface area contributed by atoms with E-state index in [1.165, 1.54) is 6.08 Å². The topological polar surface area (TPSA) is 114 Å². The second kappa shape index (κ2) is 11.8. The van der Waals surface area contributed by atoms with E-state index in [0.717, 1.165) is 28.5 Å². The highest BCUT2D eigenvalue weighted by Crippen LogP contribution is 2.33. The van der Waals surface area contributed by atoms with Crippen molar-refractivity contribution < 1.29 is 28.2 Å². The second-order valence-electron chi connectivity index (χ2n) is 8.40. The van der Waals surface area contributed by atoms with E-state index in [0.29, 0.717) is 37.6 Å². The number of ether oxygens (including phenoxy) is 2. The number of nitrogens with zero attached hydrogens (tertiary/aromatic N) is 4. The third-order valence-corrected chi connectivity index (χ3v) is 6.85. The SMILES string of the molecule is O=C(CN1C(=O)S/C(=C/c2cccc(Oc3nc(Cl)ncc3F)c2)C1=O)Nc1ccccc1N1CCOCC1. The Morgan fingerprint density at radius 2 is 1.97 bits per heavy atom. The van der Waals surface area contributed by atoms with Crippen molar-refractivity contribution in [1.29, 1.82) is 0 Å². The van der Waals surface area contributed by atoms with Gasteiger partial charge in [-0.15, -0.1) is 0 Å². The van der Waals surface area contributed by atoms with E-state index < -0.39 is 29.4 Å². The van der Waals surface area contributed by atoms with Gasteiger partial charge in [0.15, 0.2) is 0 Å². The number of amides is 3. The van der Waals surface area contributed by atoms with Gasteiger partial charge in [-0.05, 0) is 59.3 Å². The molecule has 13 heteroatoms. The van der Waals surface area contributed by atoms with Crippen LogP contribution in [0.3, 0.4) is 0 Å². The van der Waals surface area contributed by atoms with E-state index in [-0.39, 0.29) is 21.8 Å². The van der Waals surface area contributed by atoms with Gasteiger partial charge in [0.25, 0.3) is 17.0 Å². The predicted molar refractivity (Wildman–Crippen MR) is 144 cm³/mol. The number of carbonyl (C=O) groups is 3. The van der Waals surface area contributed by atoms with Gasteiger partial charge in [0.05, 0.1) is 35.7 Å². The minimum Gasteiger partial charge on any atom is -0.436 e. The number of thioether (sulfide) groups is 1. The van der Waals surface area contributed by atoms with E-state index >= 15 is 0 Å². The normalized spacial score (nSPS) is 16.6. The summed E-state index contributed by atoms with van der Waals surface area (Å²) in [5.74, 6) is -2.01. The van der Waals surface area contributed by atoms with Crippen LogP contribution in [0.4, 0.5) is 20.6 Å². The standard InChI is InChI=1S/C26H21ClFN5O5S/c27-25-29-14-18(28)23(31-25)38-17-5-3-4-16(12-17)13-21-24(35)33(26(36)39-21)15-22(34)30-19-6-1-2-7-20(19)32-8-10-37-11-9-32/h1-7,12-14H,8-11,15H2,(H,30,34)/b21-13+. The third-order valence-electron chi connectivity index (χ3n) is 5.76. The molecule has 0 unspecified atom stereocenters. The Bertz CT molecular complexity index is 1470. The van der Waals surface area contributed by atoms with Gasteiger partial charge in [-0.3, -0.25) is 19.3 Å². The molecule has 2 aliphatic heterocycles. The lowest BCUT2D eigenvalue weighted by atomic mass is 10.2. The maximum atomic E-state index is 13.9. The highest BCUT2D eigenvalue weighted by Gasteiger charge is 2.36. The molecule has 10 nitrogen and oxygen atoms in total. The molecule has 3 aromatic rings. The lowest BCUT2D eigenvalue weighted by molar-refractivity contribution is -0.127. The largest absolute Gasteiger partial charge is 0.436 e. The number of anilines is 2. The van der Waals surface area contributed by atoms with E-state index in [1.807, 2.05) is 12.1 Å². The summed E-state index contributed by atoms with van der Waals surface area (Å²) < 4.78 is 24.8. The van der Waals surface area contributed by atoms with Gasteiger partial charge >= 0.3 is 0 Å². The number of nitrogens with one attached hydrogen (secondary N) is 1. The Kier molecular flexibility index (Phi) is 8.05. The Morgan fingerprint density at radius 1 is 1.18 bits per heavy atom.